The minimum Gasteiger partial charge on any atom is -0.342 e. The molecule has 150 valence electrons. The molecule has 28 heavy (non-hydrogen) atoms. The number of likely N-dealkylation sites (N-methyl/N-ethyl adjacent to an activating group) is 1. The van der Waals surface area contributed by atoms with Gasteiger partial charge in [-0.15, -0.1) is 0 Å². The maximum absolute atomic E-state index is 13.0. The first-order chi connectivity index (χ1) is 13.5. The average molecular weight is 383 g/mol. The number of hydrogen-bond acceptors (Lipinski definition) is 3. The Labute approximate surface area is 166 Å². The predicted octanol–water partition coefficient (Wildman–Crippen LogP) is 3.09. The predicted molar refractivity (Wildman–Crippen MR) is 109 cm³/mol. The highest BCUT2D eigenvalue weighted by Crippen LogP contribution is 2.24. The Balaban J connectivity index is 1.92. The van der Waals surface area contributed by atoms with Gasteiger partial charge in [0.15, 0.2) is 0 Å². The van der Waals surface area contributed by atoms with E-state index in [1.807, 2.05) is 45.0 Å². The van der Waals surface area contributed by atoms with Crippen molar-refractivity contribution in [1.29, 1.82) is 0 Å². The number of fused-ring (bicyclic) bond motifs is 1. The molecular weight excluding hydrogens is 354 g/mol. The second-order valence-electron chi connectivity index (χ2n) is 7.43. The van der Waals surface area contributed by atoms with Crippen LogP contribution in [0.15, 0.2) is 30.5 Å². The monoisotopic (exact) mass is 383 g/mol. The molecule has 2 aromatic rings. The van der Waals surface area contributed by atoms with Gasteiger partial charge in [0.2, 0.25) is 5.91 Å². The number of carbonyl (C=O) groups is 3. The standard InChI is InChI=1S/C22H29N3O3/c1-4-23(5-2)20(26)15-24-14-18(17-11-6-7-12-19(17)24)21(27)22(28)25-13-9-8-10-16(25)3/h6-7,11-12,14,16H,4-5,8-10,13,15H2,1-3H3/t16-/m0/s1. The number of likely N-dealkylation sites (tertiary alicyclic amines) is 1. The van der Waals surface area contributed by atoms with Gasteiger partial charge in [-0.05, 0) is 46.1 Å². The minimum atomic E-state index is -0.487. The minimum absolute atomic E-state index is 0.000677. The fraction of sp³-hybridized carbons (Fsp3) is 0.500. The Morgan fingerprint density at radius 3 is 2.50 bits per heavy atom. The molecule has 1 fully saturated rings. The Morgan fingerprint density at radius 2 is 1.82 bits per heavy atom. The molecule has 1 aromatic carbocycles. The van der Waals surface area contributed by atoms with Crippen LogP contribution in [0, 0.1) is 0 Å². The number of ketones is 1. The number of carbonyl (C=O) groups excluding carboxylic acids is 3. The van der Waals surface area contributed by atoms with Crippen molar-refractivity contribution in [3.8, 4) is 0 Å². The largest absolute Gasteiger partial charge is 0.342 e. The average Bonchev–Trinajstić information content (AvgIpc) is 3.07. The SMILES string of the molecule is CCN(CC)C(=O)Cn1cc(C(=O)C(=O)N2CCCC[C@@H]2C)c2ccccc21. The van der Waals surface area contributed by atoms with Crippen LogP contribution in [0.5, 0.6) is 0 Å². The molecule has 1 aliphatic rings. The maximum Gasteiger partial charge on any atom is 0.295 e. The van der Waals surface area contributed by atoms with Crippen LogP contribution in [0.2, 0.25) is 0 Å². The zero-order valence-electron chi connectivity index (χ0n) is 17.0. The van der Waals surface area contributed by atoms with Crippen molar-refractivity contribution in [2.75, 3.05) is 19.6 Å². The van der Waals surface area contributed by atoms with Gasteiger partial charge in [0.1, 0.15) is 6.54 Å². The normalized spacial score (nSPS) is 17.0. The lowest BCUT2D eigenvalue weighted by atomic mass is 10.0. The molecule has 2 heterocycles. The lowest BCUT2D eigenvalue weighted by Crippen LogP contribution is -2.45. The van der Waals surface area contributed by atoms with Crippen molar-refractivity contribution in [2.45, 2.75) is 52.6 Å². The molecule has 0 bridgehead atoms. The van der Waals surface area contributed by atoms with E-state index < -0.39 is 11.7 Å². The first-order valence-electron chi connectivity index (χ1n) is 10.2. The number of para-hydroxylation sites is 1. The van der Waals surface area contributed by atoms with Crippen LogP contribution in [0.3, 0.4) is 0 Å². The van der Waals surface area contributed by atoms with Gasteiger partial charge < -0.3 is 14.4 Å². The van der Waals surface area contributed by atoms with Gasteiger partial charge in [0, 0.05) is 42.8 Å². The van der Waals surface area contributed by atoms with Crippen LogP contribution in [-0.4, -0.2) is 57.6 Å². The van der Waals surface area contributed by atoms with Crippen LogP contribution in [0.25, 0.3) is 10.9 Å². The fourth-order valence-electron chi connectivity index (χ4n) is 4.03. The first kappa shape index (κ1) is 20.1. The smallest absolute Gasteiger partial charge is 0.295 e. The van der Waals surface area contributed by atoms with E-state index in [4.69, 9.17) is 0 Å². The number of rotatable bonds is 6. The first-order valence-corrected chi connectivity index (χ1v) is 10.2. The number of Topliss-reactive ketones (excluding diaryl/α,β-unsaturated/α-hetero) is 1. The van der Waals surface area contributed by atoms with E-state index >= 15 is 0 Å². The summed E-state index contributed by atoms with van der Waals surface area (Å²) >= 11 is 0. The molecule has 0 N–H and O–H groups in total. The van der Waals surface area contributed by atoms with Crippen molar-refractivity contribution >= 4 is 28.5 Å². The number of piperidine rings is 1. The Morgan fingerprint density at radius 1 is 1.11 bits per heavy atom. The lowest BCUT2D eigenvalue weighted by Gasteiger charge is -2.32. The quantitative estimate of drug-likeness (QED) is 0.569. The molecule has 1 saturated heterocycles. The van der Waals surface area contributed by atoms with E-state index in [1.165, 1.54) is 0 Å². The molecule has 1 aromatic heterocycles. The number of nitrogens with zero attached hydrogens (tertiary/aromatic N) is 3. The van der Waals surface area contributed by atoms with Gasteiger partial charge in [-0.1, -0.05) is 18.2 Å². The van der Waals surface area contributed by atoms with E-state index in [0.29, 0.717) is 25.2 Å². The van der Waals surface area contributed by atoms with Crippen molar-refractivity contribution in [2.24, 2.45) is 0 Å². The summed E-state index contributed by atoms with van der Waals surface area (Å²) in [7, 11) is 0. The molecule has 6 nitrogen and oxygen atoms in total. The van der Waals surface area contributed by atoms with E-state index in [9.17, 15) is 14.4 Å². The molecule has 0 spiro atoms. The van der Waals surface area contributed by atoms with Crippen LogP contribution in [-0.2, 0) is 16.1 Å². The molecule has 2 amide bonds. The van der Waals surface area contributed by atoms with Crippen molar-refractivity contribution in [1.82, 2.24) is 14.4 Å². The molecule has 0 radical (unpaired) electrons. The summed E-state index contributed by atoms with van der Waals surface area (Å²) in [6.07, 6.45) is 4.62. The highest BCUT2D eigenvalue weighted by Gasteiger charge is 2.30. The van der Waals surface area contributed by atoms with Gasteiger partial charge in [0.05, 0.1) is 5.56 Å². The summed E-state index contributed by atoms with van der Waals surface area (Å²) in [5.74, 6) is -0.926. The van der Waals surface area contributed by atoms with Crippen molar-refractivity contribution < 1.29 is 14.4 Å². The Bertz CT molecular complexity index is 882. The van der Waals surface area contributed by atoms with E-state index in [1.54, 1.807) is 20.6 Å². The fourth-order valence-corrected chi connectivity index (χ4v) is 4.03. The zero-order chi connectivity index (χ0) is 20.3. The molecule has 1 aliphatic heterocycles. The highest BCUT2D eigenvalue weighted by molar-refractivity contribution is 6.45. The number of aromatic nitrogens is 1. The molecule has 3 rings (SSSR count). The Hall–Kier alpha value is -2.63. The van der Waals surface area contributed by atoms with E-state index in [-0.39, 0.29) is 18.5 Å². The molecule has 1 atom stereocenters. The molecule has 0 unspecified atom stereocenters. The highest BCUT2D eigenvalue weighted by atomic mass is 16.2. The third kappa shape index (κ3) is 3.81. The van der Waals surface area contributed by atoms with Gasteiger partial charge in [-0.2, -0.15) is 0 Å². The summed E-state index contributed by atoms with van der Waals surface area (Å²) in [5.41, 5.74) is 1.18. The van der Waals surface area contributed by atoms with E-state index in [0.717, 1.165) is 30.2 Å². The second kappa shape index (κ2) is 8.59. The van der Waals surface area contributed by atoms with Crippen molar-refractivity contribution in [3.05, 3.63) is 36.0 Å². The third-order valence-electron chi connectivity index (χ3n) is 5.71. The molecule has 0 aliphatic carbocycles. The lowest BCUT2D eigenvalue weighted by molar-refractivity contribution is -0.131. The summed E-state index contributed by atoms with van der Waals surface area (Å²) in [4.78, 5) is 41.9. The van der Waals surface area contributed by atoms with Crippen molar-refractivity contribution in [3.63, 3.8) is 0 Å². The second-order valence-corrected chi connectivity index (χ2v) is 7.43. The summed E-state index contributed by atoms with van der Waals surface area (Å²) < 4.78 is 1.79. The number of hydrogen-bond donors (Lipinski definition) is 0. The number of amides is 2. The van der Waals surface area contributed by atoms with Gasteiger partial charge in [-0.3, -0.25) is 14.4 Å². The molecule has 0 saturated carbocycles. The van der Waals surface area contributed by atoms with Crippen LogP contribution in [0.1, 0.15) is 50.4 Å². The Kier molecular flexibility index (Phi) is 6.17. The topological polar surface area (TPSA) is 62.6 Å². The summed E-state index contributed by atoms with van der Waals surface area (Å²) in [6, 6.07) is 7.54. The van der Waals surface area contributed by atoms with Crippen LogP contribution < -0.4 is 0 Å². The summed E-state index contributed by atoms with van der Waals surface area (Å²) in [5, 5.41) is 0.720. The molecular formula is C22H29N3O3. The molecule has 6 heteroatoms. The number of benzene rings is 1. The van der Waals surface area contributed by atoms with Gasteiger partial charge >= 0.3 is 0 Å². The summed E-state index contributed by atoms with van der Waals surface area (Å²) in [6.45, 7) is 7.97. The zero-order valence-corrected chi connectivity index (χ0v) is 17.0. The van der Waals surface area contributed by atoms with E-state index in [2.05, 4.69) is 0 Å². The third-order valence-corrected chi connectivity index (χ3v) is 5.71. The van der Waals surface area contributed by atoms with Gasteiger partial charge in [0.25, 0.3) is 11.7 Å². The van der Waals surface area contributed by atoms with Crippen LogP contribution in [0.4, 0.5) is 0 Å². The van der Waals surface area contributed by atoms with Crippen LogP contribution >= 0.6 is 0 Å². The van der Waals surface area contributed by atoms with Gasteiger partial charge in [-0.25, -0.2) is 0 Å². The maximum atomic E-state index is 13.0.